The van der Waals surface area contributed by atoms with Gasteiger partial charge >= 0.3 is 0 Å². The SMILES string of the molecule is Cc1ccc(C#CS(C)(=O)=O)cc1. The molecule has 1 aromatic carbocycles. The average Bonchev–Trinajstić information content (AvgIpc) is 2.02. The highest BCUT2D eigenvalue weighted by Crippen LogP contribution is 2.00. The molecule has 13 heavy (non-hydrogen) atoms. The number of hydrogen-bond donors (Lipinski definition) is 0. The Hall–Kier alpha value is -1.27. The molecular formula is C10H10O2S. The molecule has 0 heterocycles. The van der Waals surface area contributed by atoms with Crippen LogP contribution in [-0.4, -0.2) is 14.7 Å². The van der Waals surface area contributed by atoms with E-state index in [0.29, 0.717) is 0 Å². The van der Waals surface area contributed by atoms with E-state index in [2.05, 4.69) is 11.2 Å². The lowest BCUT2D eigenvalue weighted by atomic mass is 10.2. The van der Waals surface area contributed by atoms with Crippen molar-refractivity contribution in [2.45, 2.75) is 6.92 Å². The molecule has 0 radical (unpaired) electrons. The van der Waals surface area contributed by atoms with Crippen LogP contribution in [0.5, 0.6) is 0 Å². The molecule has 68 valence electrons. The lowest BCUT2D eigenvalue weighted by molar-refractivity contribution is 0.611. The van der Waals surface area contributed by atoms with E-state index >= 15 is 0 Å². The second-order valence-electron chi connectivity index (χ2n) is 2.87. The molecule has 0 fully saturated rings. The summed E-state index contributed by atoms with van der Waals surface area (Å²) in [5.74, 6) is 2.57. The maximum Gasteiger partial charge on any atom is 0.214 e. The van der Waals surface area contributed by atoms with Crippen molar-refractivity contribution in [2.24, 2.45) is 0 Å². The predicted molar refractivity (Wildman–Crippen MR) is 52.9 cm³/mol. The fourth-order valence-electron chi connectivity index (χ4n) is 0.789. The van der Waals surface area contributed by atoms with Gasteiger partial charge < -0.3 is 0 Å². The predicted octanol–water partition coefficient (Wildman–Crippen LogP) is 1.35. The highest BCUT2D eigenvalue weighted by atomic mass is 32.2. The molecule has 0 N–H and O–H groups in total. The zero-order chi connectivity index (χ0) is 9.90. The molecule has 0 aliphatic rings. The van der Waals surface area contributed by atoms with E-state index in [1.165, 1.54) is 0 Å². The molecule has 3 heteroatoms. The molecule has 0 unspecified atom stereocenters. The van der Waals surface area contributed by atoms with Gasteiger partial charge in [0, 0.05) is 10.8 Å². The van der Waals surface area contributed by atoms with Gasteiger partial charge in [-0.3, -0.25) is 0 Å². The summed E-state index contributed by atoms with van der Waals surface area (Å²) in [6.07, 6.45) is 1.09. The second kappa shape index (κ2) is 3.63. The van der Waals surface area contributed by atoms with Gasteiger partial charge in [-0.05, 0) is 19.1 Å². The van der Waals surface area contributed by atoms with Crippen molar-refractivity contribution in [2.75, 3.05) is 6.26 Å². The first kappa shape index (κ1) is 9.82. The van der Waals surface area contributed by atoms with E-state index in [-0.39, 0.29) is 0 Å². The number of rotatable bonds is 0. The van der Waals surface area contributed by atoms with Gasteiger partial charge in [0.25, 0.3) is 0 Å². The van der Waals surface area contributed by atoms with Crippen LogP contribution in [0, 0.1) is 18.1 Å². The minimum atomic E-state index is -3.19. The van der Waals surface area contributed by atoms with Crippen molar-refractivity contribution in [3.8, 4) is 11.2 Å². The fraction of sp³-hybridized carbons (Fsp3) is 0.200. The van der Waals surface area contributed by atoms with Crippen molar-refractivity contribution < 1.29 is 8.42 Å². The van der Waals surface area contributed by atoms with Crippen LogP contribution in [0.1, 0.15) is 11.1 Å². The summed E-state index contributed by atoms with van der Waals surface area (Å²) in [6, 6.07) is 7.39. The van der Waals surface area contributed by atoms with E-state index in [1.54, 1.807) is 12.1 Å². The number of aryl methyl sites for hydroxylation is 1. The minimum absolute atomic E-state index is 0.719. The zero-order valence-electron chi connectivity index (χ0n) is 7.53. The van der Waals surface area contributed by atoms with Gasteiger partial charge in [0.1, 0.15) is 0 Å². The van der Waals surface area contributed by atoms with Gasteiger partial charge in [0.15, 0.2) is 0 Å². The summed E-state index contributed by atoms with van der Waals surface area (Å²) >= 11 is 0. The molecule has 0 bridgehead atoms. The molecule has 0 amide bonds. The maximum atomic E-state index is 10.7. The summed E-state index contributed by atoms with van der Waals surface area (Å²) in [5, 5.41) is 2.18. The van der Waals surface area contributed by atoms with Crippen LogP contribution >= 0.6 is 0 Å². The average molecular weight is 194 g/mol. The van der Waals surface area contributed by atoms with Gasteiger partial charge in [-0.1, -0.05) is 23.6 Å². The van der Waals surface area contributed by atoms with Gasteiger partial charge in [0.2, 0.25) is 9.84 Å². The summed E-state index contributed by atoms with van der Waals surface area (Å²) in [6.45, 7) is 1.97. The van der Waals surface area contributed by atoms with E-state index in [1.807, 2.05) is 19.1 Å². The fourth-order valence-corrected chi connectivity index (χ4v) is 1.09. The summed E-state index contributed by atoms with van der Waals surface area (Å²) in [7, 11) is -3.19. The molecule has 0 aliphatic carbocycles. The van der Waals surface area contributed by atoms with E-state index in [0.717, 1.165) is 17.4 Å². The third-order valence-electron chi connectivity index (χ3n) is 1.43. The summed E-state index contributed by atoms with van der Waals surface area (Å²) in [5.41, 5.74) is 1.85. The first-order valence-corrected chi connectivity index (χ1v) is 5.66. The Morgan fingerprint density at radius 3 is 2.15 bits per heavy atom. The van der Waals surface area contributed by atoms with Crippen molar-refractivity contribution in [3.63, 3.8) is 0 Å². The van der Waals surface area contributed by atoms with Gasteiger partial charge in [-0.15, -0.1) is 0 Å². The summed E-state index contributed by atoms with van der Waals surface area (Å²) < 4.78 is 21.4. The first-order valence-electron chi connectivity index (χ1n) is 3.77. The normalized spacial score (nSPS) is 10.3. The second-order valence-corrected chi connectivity index (χ2v) is 4.61. The number of hydrogen-bond acceptors (Lipinski definition) is 2. The van der Waals surface area contributed by atoms with Gasteiger partial charge in [-0.2, -0.15) is 0 Å². The standard InChI is InChI=1S/C10H10O2S/c1-9-3-5-10(6-4-9)7-8-13(2,11)12/h3-6H,1-2H3. The Kier molecular flexibility index (Phi) is 2.74. The van der Waals surface area contributed by atoms with Crippen molar-refractivity contribution in [3.05, 3.63) is 35.4 Å². The Morgan fingerprint density at radius 2 is 1.69 bits per heavy atom. The minimum Gasteiger partial charge on any atom is -0.216 e. The highest BCUT2D eigenvalue weighted by Gasteiger charge is 1.92. The largest absolute Gasteiger partial charge is 0.216 e. The smallest absolute Gasteiger partial charge is 0.214 e. The van der Waals surface area contributed by atoms with Crippen LogP contribution in [0.2, 0.25) is 0 Å². The molecule has 0 saturated carbocycles. The Balaban J connectivity index is 2.98. The monoisotopic (exact) mass is 194 g/mol. The molecule has 0 atom stereocenters. The van der Waals surface area contributed by atoms with E-state index in [4.69, 9.17) is 0 Å². The van der Waals surface area contributed by atoms with Crippen molar-refractivity contribution >= 4 is 9.84 Å². The lowest BCUT2D eigenvalue weighted by Crippen LogP contribution is -1.88. The van der Waals surface area contributed by atoms with Gasteiger partial charge in [-0.25, -0.2) is 8.42 Å². The molecule has 0 aromatic heterocycles. The molecule has 1 rings (SSSR count). The molecule has 0 saturated heterocycles. The molecule has 0 spiro atoms. The van der Waals surface area contributed by atoms with Crippen molar-refractivity contribution in [1.82, 2.24) is 0 Å². The van der Waals surface area contributed by atoms with Crippen LogP contribution in [0.4, 0.5) is 0 Å². The summed E-state index contributed by atoms with van der Waals surface area (Å²) in [4.78, 5) is 0. The molecule has 2 nitrogen and oxygen atoms in total. The van der Waals surface area contributed by atoms with Crippen molar-refractivity contribution in [1.29, 1.82) is 0 Å². The molecular weight excluding hydrogens is 184 g/mol. The van der Waals surface area contributed by atoms with Crippen LogP contribution in [0.3, 0.4) is 0 Å². The number of benzene rings is 1. The van der Waals surface area contributed by atoms with E-state index in [9.17, 15) is 8.42 Å². The zero-order valence-corrected chi connectivity index (χ0v) is 8.35. The maximum absolute atomic E-state index is 10.7. The Labute approximate surface area is 78.5 Å². The molecule has 0 aliphatic heterocycles. The lowest BCUT2D eigenvalue weighted by Gasteiger charge is -1.90. The van der Waals surface area contributed by atoms with Crippen LogP contribution in [-0.2, 0) is 9.84 Å². The number of sulfone groups is 1. The van der Waals surface area contributed by atoms with Gasteiger partial charge in [0.05, 0.1) is 6.26 Å². The highest BCUT2D eigenvalue weighted by molar-refractivity contribution is 7.95. The quantitative estimate of drug-likeness (QED) is 0.584. The Morgan fingerprint density at radius 1 is 1.15 bits per heavy atom. The third-order valence-corrected chi connectivity index (χ3v) is 1.91. The van der Waals surface area contributed by atoms with Crippen LogP contribution < -0.4 is 0 Å². The topological polar surface area (TPSA) is 34.1 Å². The first-order chi connectivity index (χ1) is 5.97. The van der Waals surface area contributed by atoms with E-state index < -0.39 is 9.84 Å². The van der Waals surface area contributed by atoms with Crippen LogP contribution in [0.25, 0.3) is 0 Å². The van der Waals surface area contributed by atoms with Crippen LogP contribution in [0.15, 0.2) is 24.3 Å². The molecule has 1 aromatic rings. The third kappa shape index (κ3) is 3.77. The Bertz CT molecular complexity index is 444.